The number of thiocarbonyl (C=S) groups is 1. The quantitative estimate of drug-likeness (QED) is 0.662. The summed E-state index contributed by atoms with van der Waals surface area (Å²) < 4.78 is 5.37. The first-order valence-electron chi connectivity index (χ1n) is 7.04. The van der Waals surface area contributed by atoms with Crippen LogP contribution in [-0.4, -0.2) is 39.9 Å². The van der Waals surface area contributed by atoms with Crippen molar-refractivity contribution in [3.8, 4) is 5.75 Å². The van der Waals surface area contributed by atoms with E-state index in [0.717, 1.165) is 38.7 Å². The van der Waals surface area contributed by atoms with Crippen molar-refractivity contribution in [2.75, 3.05) is 13.7 Å². The van der Waals surface area contributed by atoms with Gasteiger partial charge in [-0.15, -0.1) is 0 Å². The van der Waals surface area contributed by atoms with Gasteiger partial charge in [0.1, 0.15) is 17.3 Å². The first-order valence-corrected chi connectivity index (χ1v) is 8.26. The van der Waals surface area contributed by atoms with Crippen LogP contribution in [0.25, 0.3) is 16.8 Å². The van der Waals surface area contributed by atoms with Crippen LogP contribution in [0, 0.1) is 0 Å². The molecule has 0 aliphatic carbocycles. The van der Waals surface area contributed by atoms with E-state index in [1.54, 1.807) is 7.11 Å². The number of thioether (sulfide) groups is 1. The maximum atomic E-state index is 12.0. The van der Waals surface area contributed by atoms with Crippen molar-refractivity contribution >= 4 is 57.0 Å². The highest BCUT2D eigenvalue weighted by atomic mass is 32.2. The average molecular weight is 359 g/mol. The summed E-state index contributed by atoms with van der Waals surface area (Å²) in [6.07, 6.45) is 1.81. The molecule has 0 bridgehead atoms. The first-order chi connectivity index (χ1) is 11.5. The molecule has 0 unspecified atom stereocenters. The largest absolute Gasteiger partial charge is 0.496 e. The monoisotopic (exact) mass is 359 g/mol. The number of rotatable bonds is 4. The van der Waals surface area contributed by atoms with Gasteiger partial charge >= 0.3 is 5.97 Å². The van der Waals surface area contributed by atoms with Gasteiger partial charge in [0.15, 0.2) is 0 Å². The van der Waals surface area contributed by atoms with Crippen LogP contribution in [0.5, 0.6) is 5.75 Å². The van der Waals surface area contributed by atoms with Crippen molar-refractivity contribution in [3.05, 3.63) is 46.9 Å². The fourth-order valence-electron chi connectivity index (χ4n) is 2.51. The van der Waals surface area contributed by atoms with Crippen molar-refractivity contribution in [3.63, 3.8) is 0 Å². The Labute approximate surface area is 147 Å². The number of carbonyl (C=O) groups excluding carboxylic acids is 1. The van der Waals surface area contributed by atoms with Gasteiger partial charge in [-0.25, -0.2) is 0 Å². The van der Waals surface area contributed by atoms with Gasteiger partial charge in [-0.05, 0) is 34.9 Å². The van der Waals surface area contributed by atoms with Crippen LogP contribution in [0.1, 0.15) is 5.56 Å². The second kappa shape index (κ2) is 6.62. The lowest BCUT2D eigenvalue weighted by molar-refractivity contribution is -0.136. The lowest BCUT2D eigenvalue weighted by Crippen LogP contribution is -2.32. The van der Waals surface area contributed by atoms with Crippen molar-refractivity contribution in [1.82, 2.24) is 4.90 Å². The zero-order chi connectivity index (χ0) is 17.3. The Bertz CT molecular complexity index is 891. The second-order valence-electron chi connectivity index (χ2n) is 5.06. The van der Waals surface area contributed by atoms with Crippen LogP contribution in [0.15, 0.2) is 41.3 Å². The molecule has 1 saturated heterocycles. The van der Waals surface area contributed by atoms with Gasteiger partial charge in [-0.2, -0.15) is 0 Å². The number of hydrogen-bond acceptors (Lipinski definition) is 5. The van der Waals surface area contributed by atoms with E-state index in [2.05, 4.69) is 0 Å². The lowest BCUT2D eigenvalue weighted by Gasteiger charge is -2.11. The second-order valence-corrected chi connectivity index (χ2v) is 6.44. The molecule has 0 aromatic heterocycles. The minimum atomic E-state index is -1.09. The molecular formula is C17H13NO4S2. The molecule has 3 rings (SSSR count). The van der Waals surface area contributed by atoms with E-state index in [0.29, 0.717) is 4.91 Å². The normalized spacial score (nSPS) is 16.2. The number of aliphatic carboxylic acids is 1. The summed E-state index contributed by atoms with van der Waals surface area (Å²) in [6.45, 7) is -0.425. The Morgan fingerprint density at radius 3 is 2.67 bits per heavy atom. The highest BCUT2D eigenvalue weighted by molar-refractivity contribution is 8.19. The Balaban J connectivity index is 2.04. The number of carbonyl (C=O) groups is 2. The van der Waals surface area contributed by atoms with Crippen molar-refractivity contribution in [2.24, 2.45) is 0 Å². The molecule has 0 spiro atoms. The third-order valence-electron chi connectivity index (χ3n) is 3.59. The van der Waals surface area contributed by atoms with Gasteiger partial charge in [-0.3, -0.25) is 14.5 Å². The summed E-state index contributed by atoms with van der Waals surface area (Å²) in [5.41, 5.74) is 0.890. The van der Waals surface area contributed by atoms with Gasteiger partial charge < -0.3 is 9.84 Å². The number of nitrogens with zero attached hydrogens (tertiary/aromatic N) is 1. The molecule has 122 valence electrons. The third kappa shape index (κ3) is 3.00. The van der Waals surface area contributed by atoms with Crippen LogP contribution in [0.3, 0.4) is 0 Å². The van der Waals surface area contributed by atoms with E-state index in [1.165, 1.54) is 0 Å². The smallest absolute Gasteiger partial charge is 0.323 e. The molecule has 1 N–H and O–H groups in total. The molecule has 1 amide bonds. The van der Waals surface area contributed by atoms with Crippen molar-refractivity contribution in [1.29, 1.82) is 0 Å². The number of amides is 1. The highest BCUT2D eigenvalue weighted by Crippen LogP contribution is 2.35. The Kier molecular flexibility index (Phi) is 4.55. The number of fused-ring (bicyclic) bond motifs is 1. The molecule has 1 heterocycles. The molecule has 7 heteroatoms. The molecule has 5 nitrogen and oxygen atoms in total. The molecule has 0 radical (unpaired) electrons. The van der Waals surface area contributed by atoms with Gasteiger partial charge in [0, 0.05) is 5.39 Å². The Morgan fingerprint density at radius 1 is 1.29 bits per heavy atom. The van der Waals surface area contributed by atoms with E-state index in [9.17, 15) is 9.59 Å². The minimum absolute atomic E-state index is 0.243. The van der Waals surface area contributed by atoms with E-state index >= 15 is 0 Å². The first kappa shape index (κ1) is 16.5. The topological polar surface area (TPSA) is 66.8 Å². The predicted octanol–water partition coefficient (Wildman–Crippen LogP) is 3.77. The van der Waals surface area contributed by atoms with Crippen molar-refractivity contribution < 1.29 is 19.4 Å². The summed E-state index contributed by atoms with van der Waals surface area (Å²) >= 11 is 6.21. The summed E-state index contributed by atoms with van der Waals surface area (Å²) in [7, 11) is 1.62. The maximum Gasteiger partial charge on any atom is 0.323 e. The number of carboxylic acids is 1. The average Bonchev–Trinajstić information content (AvgIpc) is 2.82. The van der Waals surface area contributed by atoms with Crippen LogP contribution >= 0.6 is 24.0 Å². The molecule has 0 atom stereocenters. The van der Waals surface area contributed by atoms with Gasteiger partial charge in [0.05, 0.1) is 12.0 Å². The van der Waals surface area contributed by atoms with Crippen LogP contribution in [0.2, 0.25) is 0 Å². The van der Waals surface area contributed by atoms with E-state index in [-0.39, 0.29) is 10.2 Å². The molecule has 1 aliphatic heterocycles. The number of benzene rings is 2. The molecule has 1 fully saturated rings. The fourth-order valence-corrected chi connectivity index (χ4v) is 3.74. The number of hydrogen-bond donors (Lipinski definition) is 1. The lowest BCUT2D eigenvalue weighted by atomic mass is 10.0. The molecule has 24 heavy (non-hydrogen) atoms. The molecule has 2 aromatic rings. The summed E-state index contributed by atoms with van der Waals surface area (Å²) in [4.78, 5) is 24.7. The van der Waals surface area contributed by atoms with Crippen LogP contribution in [-0.2, 0) is 4.79 Å². The summed E-state index contributed by atoms with van der Waals surface area (Å²) in [6, 6.07) is 11.5. The number of ether oxygens (including phenoxy) is 1. The van der Waals surface area contributed by atoms with E-state index < -0.39 is 12.5 Å². The summed E-state index contributed by atoms with van der Waals surface area (Å²) in [5.74, 6) is -0.333. The number of methoxy groups -OCH3 is 1. The molecule has 0 saturated carbocycles. The highest BCUT2D eigenvalue weighted by Gasteiger charge is 2.33. The standard InChI is InChI=1S/C17H13NO4S2/c1-22-13-7-6-10(11-4-2-3-5-12(11)13)8-14-16(23)18(9-15(19)20)17(21)24-14/h2-8H,9H2,1H3,(H,19,20). The Morgan fingerprint density at radius 2 is 2.00 bits per heavy atom. The predicted molar refractivity (Wildman–Crippen MR) is 98.4 cm³/mol. The SMILES string of the molecule is COc1ccc(C=C2SC(=O)N(CC(=O)O)C2=S)c2ccccc12. The number of carboxylic acid groups (broad SMARTS) is 1. The molecule has 2 aromatic carbocycles. The van der Waals surface area contributed by atoms with Crippen molar-refractivity contribution in [2.45, 2.75) is 0 Å². The zero-order valence-corrected chi connectivity index (χ0v) is 14.3. The molecular weight excluding hydrogens is 346 g/mol. The van der Waals surface area contributed by atoms with E-state index in [4.69, 9.17) is 22.1 Å². The maximum absolute atomic E-state index is 12.0. The minimum Gasteiger partial charge on any atom is -0.496 e. The van der Waals surface area contributed by atoms with Gasteiger partial charge in [0.25, 0.3) is 5.24 Å². The fraction of sp³-hybridized carbons (Fsp3) is 0.118. The van der Waals surface area contributed by atoms with Crippen LogP contribution < -0.4 is 4.74 Å². The zero-order valence-electron chi connectivity index (χ0n) is 12.7. The Hall–Kier alpha value is -2.38. The van der Waals surface area contributed by atoms with Gasteiger partial charge in [-0.1, -0.05) is 42.5 Å². The third-order valence-corrected chi connectivity index (χ3v) is 5.09. The van der Waals surface area contributed by atoms with Gasteiger partial charge in [0.2, 0.25) is 0 Å². The summed E-state index contributed by atoms with van der Waals surface area (Å²) in [5, 5.41) is 10.4. The van der Waals surface area contributed by atoms with E-state index in [1.807, 2.05) is 42.5 Å². The van der Waals surface area contributed by atoms with Crippen LogP contribution in [0.4, 0.5) is 4.79 Å². The molecule has 1 aliphatic rings.